The first-order valence-corrected chi connectivity index (χ1v) is 8.22. The Morgan fingerprint density at radius 1 is 1.32 bits per heavy atom. The normalized spacial score (nSPS) is 26.6. The van der Waals surface area contributed by atoms with E-state index in [0.29, 0.717) is 6.04 Å². The molecule has 0 aromatic carbocycles. The van der Waals surface area contributed by atoms with Crippen LogP contribution in [0, 0.1) is 0 Å². The van der Waals surface area contributed by atoms with Gasteiger partial charge in [-0.15, -0.1) is 11.3 Å². The molecule has 0 saturated carbocycles. The Labute approximate surface area is 119 Å². The summed E-state index contributed by atoms with van der Waals surface area (Å²) in [5.74, 6) is 0. The van der Waals surface area contributed by atoms with Gasteiger partial charge in [0, 0.05) is 37.3 Å². The number of ether oxygens (including phenoxy) is 2. The fourth-order valence-electron chi connectivity index (χ4n) is 3.15. The molecular weight excluding hydrogens is 258 g/mol. The van der Waals surface area contributed by atoms with E-state index < -0.39 is 0 Å². The Kier molecular flexibility index (Phi) is 4.53. The van der Waals surface area contributed by atoms with E-state index in [9.17, 15) is 0 Å². The lowest BCUT2D eigenvalue weighted by atomic mass is 9.84. The minimum Gasteiger partial charge on any atom is -0.381 e. The SMILES string of the molecule is c1csc(CCNC2CCOC3(CCOCC3)C2)c1. The number of hydrogen-bond donors (Lipinski definition) is 1. The van der Waals surface area contributed by atoms with Gasteiger partial charge in [-0.1, -0.05) is 6.07 Å². The van der Waals surface area contributed by atoms with Crippen molar-refractivity contribution in [2.75, 3.05) is 26.4 Å². The van der Waals surface area contributed by atoms with Crippen molar-refractivity contribution in [1.29, 1.82) is 0 Å². The number of nitrogens with one attached hydrogen (secondary N) is 1. The highest BCUT2D eigenvalue weighted by Crippen LogP contribution is 2.34. The van der Waals surface area contributed by atoms with Crippen LogP contribution in [0.1, 0.15) is 30.6 Å². The zero-order valence-corrected chi connectivity index (χ0v) is 12.2. The molecule has 2 aliphatic rings. The molecule has 19 heavy (non-hydrogen) atoms. The minimum absolute atomic E-state index is 0.108. The Hall–Kier alpha value is -0.420. The molecule has 106 valence electrons. The molecule has 3 nitrogen and oxygen atoms in total. The van der Waals surface area contributed by atoms with Crippen molar-refractivity contribution >= 4 is 11.3 Å². The Morgan fingerprint density at radius 3 is 3.00 bits per heavy atom. The zero-order chi connectivity index (χ0) is 13.0. The molecule has 0 amide bonds. The third kappa shape index (κ3) is 3.57. The predicted octanol–water partition coefficient (Wildman–Crippen LogP) is 2.61. The van der Waals surface area contributed by atoms with Crippen molar-refractivity contribution < 1.29 is 9.47 Å². The van der Waals surface area contributed by atoms with Gasteiger partial charge in [-0.2, -0.15) is 0 Å². The molecule has 2 saturated heterocycles. The molecule has 1 atom stereocenters. The van der Waals surface area contributed by atoms with Crippen LogP contribution in [0.2, 0.25) is 0 Å². The second-order valence-corrected chi connectivity index (χ2v) is 6.65. The summed E-state index contributed by atoms with van der Waals surface area (Å²) in [6.45, 7) is 3.71. The van der Waals surface area contributed by atoms with Gasteiger partial charge in [-0.25, -0.2) is 0 Å². The van der Waals surface area contributed by atoms with E-state index in [1.165, 1.54) is 4.88 Å². The summed E-state index contributed by atoms with van der Waals surface area (Å²) < 4.78 is 11.5. The molecule has 4 heteroatoms. The van der Waals surface area contributed by atoms with Crippen LogP contribution in [0.15, 0.2) is 17.5 Å². The highest BCUT2D eigenvalue weighted by molar-refractivity contribution is 7.09. The van der Waals surface area contributed by atoms with Crippen molar-refractivity contribution in [3.05, 3.63) is 22.4 Å². The quantitative estimate of drug-likeness (QED) is 0.920. The van der Waals surface area contributed by atoms with Gasteiger partial charge in [-0.3, -0.25) is 0 Å². The molecule has 2 fully saturated rings. The van der Waals surface area contributed by atoms with E-state index >= 15 is 0 Å². The zero-order valence-electron chi connectivity index (χ0n) is 11.4. The number of hydrogen-bond acceptors (Lipinski definition) is 4. The van der Waals surface area contributed by atoms with Crippen molar-refractivity contribution in [3.8, 4) is 0 Å². The third-order valence-electron chi connectivity index (χ3n) is 4.28. The Balaban J connectivity index is 1.45. The van der Waals surface area contributed by atoms with E-state index in [4.69, 9.17) is 9.47 Å². The van der Waals surface area contributed by atoms with Crippen LogP contribution in [0.5, 0.6) is 0 Å². The highest BCUT2D eigenvalue weighted by Gasteiger charge is 2.38. The van der Waals surface area contributed by atoms with Crippen LogP contribution in [-0.4, -0.2) is 38.0 Å². The van der Waals surface area contributed by atoms with E-state index in [1.54, 1.807) is 0 Å². The smallest absolute Gasteiger partial charge is 0.0741 e. The Morgan fingerprint density at radius 2 is 2.21 bits per heavy atom. The molecule has 3 heterocycles. The van der Waals surface area contributed by atoms with E-state index in [1.807, 2.05) is 11.3 Å². The summed E-state index contributed by atoms with van der Waals surface area (Å²) in [7, 11) is 0. The van der Waals surface area contributed by atoms with Gasteiger partial charge in [0.05, 0.1) is 5.60 Å². The van der Waals surface area contributed by atoms with Crippen LogP contribution in [-0.2, 0) is 15.9 Å². The molecular formula is C15H23NO2S. The molecule has 2 aliphatic heterocycles. The van der Waals surface area contributed by atoms with Gasteiger partial charge >= 0.3 is 0 Å². The lowest BCUT2D eigenvalue weighted by Crippen LogP contribution is -2.50. The number of rotatable bonds is 4. The van der Waals surface area contributed by atoms with Gasteiger partial charge in [0.1, 0.15) is 0 Å². The standard InChI is InChI=1S/C15H23NO2S/c1-2-14(19-11-1)3-7-16-13-4-8-18-15(12-13)5-9-17-10-6-15/h1-2,11,13,16H,3-10,12H2. The third-order valence-corrected chi connectivity index (χ3v) is 5.22. The molecule has 3 rings (SSSR count). The van der Waals surface area contributed by atoms with E-state index in [0.717, 1.165) is 58.5 Å². The summed E-state index contributed by atoms with van der Waals surface area (Å²) in [6, 6.07) is 4.97. The lowest BCUT2D eigenvalue weighted by Gasteiger charge is -2.43. The first-order valence-electron chi connectivity index (χ1n) is 7.34. The number of thiophene rings is 1. The predicted molar refractivity (Wildman–Crippen MR) is 77.8 cm³/mol. The highest BCUT2D eigenvalue weighted by atomic mass is 32.1. The summed E-state index contributed by atoms with van der Waals surface area (Å²) in [5.41, 5.74) is 0.108. The minimum atomic E-state index is 0.108. The first kappa shape index (κ1) is 13.6. The summed E-state index contributed by atoms with van der Waals surface area (Å²) in [4.78, 5) is 1.47. The summed E-state index contributed by atoms with van der Waals surface area (Å²) in [6.07, 6.45) is 5.57. The molecule has 0 radical (unpaired) electrons. The molecule has 0 aliphatic carbocycles. The average Bonchev–Trinajstić information content (AvgIpc) is 2.93. The van der Waals surface area contributed by atoms with Crippen molar-refractivity contribution in [2.24, 2.45) is 0 Å². The average molecular weight is 281 g/mol. The Bertz CT molecular complexity index is 368. The van der Waals surface area contributed by atoms with Crippen molar-refractivity contribution in [3.63, 3.8) is 0 Å². The van der Waals surface area contributed by atoms with Crippen LogP contribution in [0.3, 0.4) is 0 Å². The van der Waals surface area contributed by atoms with Crippen LogP contribution in [0.4, 0.5) is 0 Å². The van der Waals surface area contributed by atoms with Crippen LogP contribution in [0.25, 0.3) is 0 Å². The molecule has 1 aromatic heterocycles. The van der Waals surface area contributed by atoms with E-state index in [2.05, 4.69) is 22.8 Å². The fraction of sp³-hybridized carbons (Fsp3) is 0.733. The topological polar surface area (TPSA) is 30.5 Å². The van der Waals surface area contributed by atoms with Gasteiger partial charge in [0.2, 0.25) is 0 Å². The van der Waals surface area contributed by atoms with E-state index in [-0.39, 0.29) is 5.60 Å². The lowest BCUT2D eigenvalue weighted by molar-refractivity contribution is -0.140. The molecule has 1 unspecified atom stereocenters. The second-order valence-electron chi connectivity index (χ2n) is 5.62. The molecule has 1 N–H and O–H groups in total. The molecule has 0 bridgehead atoms. The first-order chi connectivity index (χ1) is 9.36. The van der Waals surface area contributed by atoms with Gasteiger partial charge in [-0.05, 0) is 43.6 Å². The van der Waals surface area contributed by atoms with Gasteiger partial charge in [0.25, 0.3) is 0 Å². The van der Waals surface area contributed by atoms with Gasteiger partial charge < -0.3 is 14.8 Å². The van der Waals surface area contributed by atoms with Gasteiger partial charge in [0.15, 0.2) is 0 Å². The van der Waals surface area contributed by atoms with Crippen LogP contribution >= 0.6 is 11.3 Å². The monoisotopic (exact) mass is 281 g/mol. The molecule has 1 aromatic rings. The summed E-state index contributed by atoms with van der Waals surface area (Å²) in [5, 5.41) is 5.87. The second kappa shape index (κ2) is 6.35. The van der Waals surface area contributed by atoms with Crippen LogP contribution < -0.4 is 5.32 Å². The molecule has 1 spiro atoms. The maximum Gasteiger partial charge on any atom is 0.0741 e. The maximum atomic E-state index is 6.07. The summed E-state index contributed by atoms with van der Waals surface area (Å²) >= 11 is 1.85. The van der Waals surface area contributed by atoms with Crippen molar-refractivity contribution in [1.82, 2.24) is 5.32 Å². The largest absolute Gasteiger partial charge is 0.381 e. The maximum absolute atomic E-state index is 6.07. The fourth-order valence-corrected chi connectivity index (χ4v) is 3.86. The van der Waals surface area contributed by atoms with Crippen molar-refractivity contribution in [2.45, 2.75) is 43.7 Å².